The molecule has 194 valence electrons. The summed E-state index contributed by atoms with van der Waals surface area (Å²) in [5, 5.41) is 8.12. The van der Waals surface area contributed by atoms with Gasteiger partial charge < -0.3 is 13.7 Å². The number of nitrogens with zero attached hydrogens (tertiary/aromatic N) is 4. The quantitative estimate of drug-likeness (QED) is 0.197. The number of halogens is 5. The largest absolute Gasteiger partial charge is 0.494 e. The number of fused-ring (bicyclic) bond motifs is 1. The van der Waals surface area contributed by atoms with Crippen molar-refractivity contribution < 1.29 is 27.1 Å². The number of carbonyl (C=O) groups excluding carboxylic acids is 1. The van der Waals surface area contributed by atoms with E-state index in [1.54, 1.807) is 19.1 Å². The lowest BCUT2D eigenvalue weighted by Crippen LogP contribution is -2.19. The SMILES string of the molecule is CCOc1ccc2c(c1)c(C(=O)c1nnc(-c3ccncc3)o1)c(C(F)(F)F)n2Cc1ccc(Cl)cc1Cl. The highest BCUT2D eigenvalue weighted by Crippen LogP contribution is 2.41. The van der Waals surface area contributed by atoms with Crippen molar-refractivity contribution >= 4 is 39.9 Å². The predicted octanol–water partition coefficient (Wildman–Crippen LogP) is 7.09. The molecule has 12 heteroatoms. The summed E-state index contributed by atoms with van der Waals surface area (Å²) in [5.41, 5.74) is -0.834. The summed E-state index contributed by atoms with van der Waals surface area (Å²) in [6.45, 7) is 1.74. The zero-order valence-corrected chi connectivity index (χ0v) is 21.1. The Hall–Kier alpha value is -3.89. The van der Waals surface area contributed by atoms with Gasteiger partial charge in [-0.05, 0) is 55.0 Å². The summed E-state index contributed by atoms with van der Waals surface area (Å²) in [5.74, 6) is -1.40. The standard InChI is InChI=1S/C26H17Cl2F3N4O3/c1-2-37-17-5-6-20-18(12-17)21(22(36)25-34-33-24(38-25)14-7-9-32-10-8-14)23(26(29,30)31)35(20)13-15-3-4-16(27)11-19(15)28/h3-12H,2,13H2,1H3. The van der Waals surface area contributed by atoms with Gasteiger partial charge >= 0.3 is 6.18 Å². The van der Waals surface area contributed by atoms with Crippen LogP contribution in [0.4, 0.5) is 13.2 Å². The second kappa shape index (κ2) is 10.1. The van der Waals surface area contributed by atoms with Gasteiger partial charge in [0.15, 0.2) is 0 Å². The predicted molar refractivity (Wildman–Crippen MR) is 135 cm³/mol. The summed E-state index contributed by atoms with van der Waals surface area (Å²) < 4.78 is 56.0. The smallest absolute Gasteiger partial charge is 0.432 e. The summed E-state index contributed by atoms with van der Waals surface area (Å²) in [7, 11) is 0. The molecule has 0 N–H and O–H groups in total. The third-order valence-corrected chi connectivity index (χ3v) is 6.32. The molecule has 0 amide bonds. The highest BCUT2D eigenvalue weighted by molar-refractivity contribution is 6.35. The van der Waals surface area contributed by atoms with Gasteiger partial charge in [0.05, 0.1) is 12.2 Å². The van der Waals surface area contributed by atoms with Crippen LogP contribution in [0.3, 0.4) is 0 Å². The van der Waals surface area contributed by atoms with Crippen LogP contribution in [-0.2, 0) is 12.7 Å². The van der Waals surface area contributed by atoms with Crippen molar-refractivity contribution in [3.05, 3.63) is 93.7 Å². The van der Waals surface area contributed by atoms with Gasteiger partial charge in [0, 0.05) is 45.5 Å². The normalized spacial score (nSPS) is 11.7. The minimum atomic E-state index is -4.93. The number of ether oxygens (including phenoxy) is 1. The van der Waals surface area contributed by atoms with E-state index in [9.17, 15) is 18.0 Å². The number of aromatic nitrogens is 4. The Labute approximate surface area is 223 Å². The van der Waals surface area contributed by atoms with E-state index in [2.05, 4.69) is 15.2 Å². The Balaban J connectivity index is 1.73. The van der Waals surface area contributed by atoms with Crippen molar-refractivity contribution in [2.45, 2.75) is 19.6 Å². The van der Waals surface area contributed by atoms with E-state index in [0.717, 1.165) is 4.57 Å². The first-order valence-corrected chi connectivity index (χ1v) is 12.0. The highest BCUT2D eigenvalue weighted by atomic mass is 35.5. The molecule has 0 saturated carbocycles. The Bertz CT molecular complexity index is 1650. The number of hydrogen-bond acceptors (Lipinski definition) is 6. The molecule has 0 aliphatic rings. The van der Waals surface area contributed by atoms with E-state index in [1.807, 2.05) is 0 Å². The molecule has 5 aromatic rings. The Morgan fingerprint density at radius 2 is 1.82 bits per heavy atom. The molecule has 38 heavy (non-hydrogen) atoms. The molecule has 0 saturated heterocycles. The molecule has 0 atom stereocenters. The molecule has 5 rings (SSSR count). The number of pyridine rings is 1. The number of ketones is 1. The number of alkyl halides is 3. The van der Waals surface area contributed by atoms with Crippen LogP contribution >= 0.6 is 23.2 Å². The molecule has 2 aromatic carbocycles. The van der Waals surface area contributed by atoms with Crippen LogP contribution in [0.25, 0.3) is 22.4 Å². The molecule has 0 fully saturated rings. The fourth-order valence-corrected chi connectivity index (χ4v) is 4.60. The minimum Gasteiger partial charge on any atom is -0.494 e. The lowest BCUT2D eigenvalue weighted by atomic mass is 10.1. The fraction of sp³-hybridized carbons (Fsp3) is 0.154. The third-order valence-electron chi connectivity index (χ3n) is 5.73. The van der Waals surface area contributed by atoms with Gasteiger partial charge in [0.1, 0.15) is 11.4 Å². The molecule has 0 aliphatic carbocycles. The maximum Gasteiger partial charge on any atom is 0.432 e. The molecule has 3 aromatic heterocycles. The van der Waals surface area contributed by atoms with E-state index in [1.165, 1.54) is 48.8 Å². The van der Waals surface area contributed by atoms with Crippen LogP contribution in [0.2, 0.25) is 10.0 Å². The monoisotopic (exact) mass is 560 g/mol. The minimum absolute atomic E-state index is 0.0158. The molecule has 0 spiro atoms. The summed E-state index contributed by atoms with van der Waals surface area (Å²) in [6.07, 6.45) is -1.97. The van der Waals surface area contributed by atoms with Crippen LogP contribution in [0, 0.1) is 0 Å². The van der Waals surface area contributed by atoms with Crippen LogP contribution < -0.4 is 4.74 Å². The zero-order valence-electron chi connectivity index (χ0n) is 19.6. The first-order valence-electron chi connectivity index (χ1n) is 11.3. The molecular weight excluding hydrogens is 544 g/mol. The molecule has 3 heterocycles. The Morgan fingerprint density at radius 3 is 2.50 bits per heavy atom. The Morgan fingerprint density at radius 1 is 1.05 bits per heavy atom. The zero-order chi connectivity index (χ0) is 27.0. The number of benzene rings is 2. The first kappa shape index (κ1) is 25.7. The maximum atomic E-state index is 14.7. The maximum absolute atomic E-state index is 14.7. The van der Waals surface area contributed by atoms with Gasteiger partial charge in [-0.15, -0.1) is 10.2 Å². The van der Waals surface area contributed by atoms with E-state index in [0.29, 0.717) is 21.9 Å². The van der Waals surface area contributed by atoms with Crippen molar-refractivity contribution in [2.24, 2.45) is 0 Å². The average molecular weight is 561 g/mol. The van der Waals surface area contributed by atoms with Gasteiger partial charge in [-0.25, -0.2) is 0 Å². The van der Waals surface area contributed by atoms with Gasteiger partial charge in [0.2, 0.25) is 5.89 Å². The fourth-order valence-electron chi connectivity index (χ4n) is 4.13. The van der Waals surface area contributed by atoms with E-state index in [4.69, 9.17) is 32.4 Å². The van der Waals surface area contributed by atoms with Crippen molar-refractivity contribution in [3.8, 4) is 17.2 Å². The Kier molecular flexibility index (Phi) is 6.85. The topological polar surface area (TPSA) is 83.0 Å². The summed E-state index contributed by atoms with van der Waals surface area (Å²) in [4.78, 5) is 17.5. The van der Waals surface area contributed by atoms with Crippen LogP contribution in [-0.4, -0.2) is 32.1 Å². The molecule has 0 bridgehead atoms. The van der Waals surface area contributed by atoms with Crippen LogP contribution in [0.1, 0.15) is 34.4 Å². The second-order valence-electron chi connectivity index (χ2n) is 8.13. The summed E-state index contributed by atoms with van der Waals surface area (Å²) in [6, 6.07) is 12.0. The van der Waals surface area contributed by atoms with Gasteiger partial charge in [-0.1, -0.05) is 29.3 Å². The molecule has 0 unspecified atom stereocenters. The van der Waals surface area contributed by atoms with Crippen molar-refractivity contribution in [1.29, 1.82) is 0 Å². The van der Waals surface area contributed by atoms with E-state index in [-0.39, 0.29) is 35.0 Å². The lowest BCUT2D eigenvalue weighted by molar-refractivity contribution is -0.143. The lowest BCUT2D eigenvalue weighted by Gasteiger charge is -2.15. The van der Waals surface area contributed by atoms with Gasteiger partial charge in [-0.3, -0.25) is 9.78 Å². The van der Waals surface area contributed by atoms with E-state index < -0.39 is 29.1 Å². The van der Waals surface area contributed by atoms with Crippen molar-refractivity contribution in [2.75, 3.05) is 6.61 Å². The van der Waals surface area contributed by atoms with E-state index >= 15 is 0 Å². The highest BCUT2D eigenvalue weighted by Gasteiger charge is 2.42. The number of hydrogen-bond donors (Lipinski definition) is 0. The first-order chi connectivity index (χ1) is 18.2. The molecule has 7 nitrogen and oxygen atoms in total. The molecule has 0 aliphatic heterocycles. The van der Waals surface area contributed by atoms with Crippen LogP contribution in [0.5, 0.6) is 5.75 Å². The number of rotatable bonds is 7. The second-order valence-corrected chi connectivity index (χ2v) is 8.98. The van der Waals surface area contributed by atoms with Gasteiger partial charge in [0.25, 0.3) is 11.7 Å². The average Bonchev–Trinajstić information content (AvgIpc) is 3.49. The van der Waals surface area contributed by atoms with Crippen LogP contribution in [0.15, 0.2) is 65.3 Å². The number of carbonyl (C=O) groups is 1. The van der Waals surface area contributed by atoms with Crippen molar-refractivity contribution in [1.82, 2.24) is 19.7 Å². The van der Waals surface area contributed by atoms with Gasteiger partial charge in [-0.2, -0.15) is 13.2 Å². The third kappa shape index (κ3) is 4.84. The molecule has 0 radical (unpaired) electrons. The summed E-state index contributed by atoms with van der Waals surface area (Å²) >= 11 is 12.3. The molecular formula is C26H17Cl2F3N4O3. The van der Waals surface area contributed by atoms with Crippen molar-refractivity contribution in [3.63, 3.8) is 0 Å².